The highest BCUT2D eigenvalue weighted by Gasteiger charge is 2.47. The zero-order valence-corrected chi connectivity index (χ0v) is 31.4. The Morgan fingerprint density at radius 2 is 1.04 bits per heavy atom. The monoisotopic (exact) mass is 726 g/mol. The van der Waals surface area contributed by atoms with Crippen molar-refractivity contribution < 1.29 is 0 Å². The van der Waals surface area contributed by atoms with Crippen molar-refractivity contribution in [2.24, 2.45) is 0 Å². The molecule has 0 N–H and O–H groups in total. The first-order chi connectivity index (χ1) is 28.2. The van der Waals surface area contributed by atoms with Crippen LogP contribution in [0, 0.1) is 0 Å². The summed E-state index contributed by atoms with van der Waals surface area (Å²) < 4.78 is 2.38. The van der Waals surface area contributed by atoms with Crippen LogP contribution >= 0.6 is 0 Å². The third-order valence-electron chi connectivity index (χ3n) is 12.8. The highest BCUT2D eigenvalue weighted by molar-refractivity contribution is 6.10. The van der Waals surface area contributed by atoms with Crippen molar-refractivity contribution in [3.63, 3.8) is 0 Å². The van der Waals surface area contributed by atoms with Gasteiger partial charge in [0.05, 0.1) is 16.7 Å². The topological polar surface area (TPSA) is 8.17 Å². The van der Waals surface area contributed by atoms with Crippen LogP contribution in [-0.4, -0.2) is 4.57 Å². The van der Waals surface area contributed by atoms with Crippen molar-refractivity contribution in [2.45, 2.75) is 18.3 Å². The summed E-state index contributed by atoms with van der Waals surface area (Å²) in [5.74, 6) is 0. The summed E-state index contributed by atoms with van der Waals surface area (Å²) in [6, 6.07) is 76.4. The fourth-order valence-electron chi connectivity index (χ4n) is 10.2. The van der Waals surface area contributed by atoms with Gasteiger partial charge in [0.25, 0.3) is 0 Å². The van der Waals surface area contributed by atoms with E-state index in [1.807, 2.05) is 0 Å². The van der Waals surface area contributed by atoms with Crippen molar-refractivity contribution in [1.29, 1.82) is 0 Å². The normalized spacial score (nSPS) is 13.6. The van der Waals surface area contributed by atoms with Crippen LogP contribution in [0.4, 0.5) is 17.1 Å². The molecule has 2 nitrogen and oxygen atoms in total. The summed E-state index contributed by atoms with van der Waals surface area (Å²) >= 11 is 0. The minimum absolute atomic E-state index is 0.0812. The van der Waals surface area contributed by atoms with Gasteiger partial charge in [-0.15, -0.1) is 0 Å². The Kier molecular flexibility index (Phi) is 7.00. The van der Waals surface area contributed by atoms with Crippen molar-refractivity contribution in [1.82, 2.24) is 4.57 Å². The molecule has 1 aromatic heterocycles. The molecule has 9 aromatic carbocycles. The maximum Gasteiger partial charge on any atom is 0.0541 e. The van der Waals surface area contributed by atoms with Gasteiger partial charge in [-0.25, -0.2) is 0 Å². The Labute approximate surface area is 332 Å². The molecule has 0 radical (unpaired) electrons. The number of anilines is 3. The number of benzene rings is 9. The predicted octanol–water partition coefficient (Wildman–Crippen LogP) is 14.1. The van der Waals surface area contributed by atoms with Crippen molar-refractivity contribution in [3.8, 4) is 27.9 Å². The lowest BCUT2D eigenvalue weighted by Crippen LogP contribution is -2.26. The molecule has 10 aromatic rings. The van der Waals surface area contributed by atoms with E-state index >= 15 is 0 Å². The number of fused-ring (bicyclic) bond motifs is 10. The third kappa shape index (κ3) is 4.84. The first kappa shape index (κ1) is 32.1. The van der Waals surface area contributed by atoms with Crippen molar-refractivity contribution in [3.05, 3.63) is 229 Å². The minimum atomic E-state index is -0.0812. The van der Waals surface area contributed by atoms with Crippen LogP contribution in [0.1, 0.15) is 22.3 Å². The van der Waals surface area contributed by atoms with Crippen LogP contribution < -0.4 is 4.90 Å². The Morgan fingerprint density at radius 3 is 1.88 bits per heavy atom. The minimum Gasteiger partial charge on any atom is -0.310 e. The van der Waals surface area contributed by atoms with Gasteiger partial charge >= 0.3 is 0 Å². The second-order valence-electron chi connectivity index (χ2n) is 15.8. The maximum atomic E-state index is 2.51. The summed E-state index contributed by atoms with van der Waals surface area (Å²) in [5.41, 5.74) is 18.0. The van der Waals surface area contributed by atoms with E-state index in [1.54, 1.807) is 0 Å². The molecule has 0 aliphatic heterocycles. The molecule has 0 bridgehead atoms. The molecular formula is C55H38N2. The highest BCUT2D eigenvalue weighted by Crippen LogP contribution is 2.56. The van der Waals surface area contributed by atoms with Gasteiger partial charge in [0.15, 0.2) is 0 Å². The van der Waals surface area contributed by atoms with Gasteiger partial charge < -0.3 is 9.47 Å². The predicted molar refractivity (Wildman–Crippen MR) is 238 cm³/mol. The largest absolute Gasteiger partial charge is 0.310 e. The SMILES string of the molecule is c1ccc(-n2c3ccccc3c3cc(-c4ccc(N(c5ccc6c(c5)C5(Cc7ccccc7C5)c5ccccc5-6)c5cccc6ccccc56)cc4)ccc32)cc1. The number of nitrogens with zero attached hydrogens (tertiary/aromatic N) is 2. The molecular weight excluding hydrogens is 689 g/mol. The van der Waals surface area contributed by atoms with Gasteiger partial charge in [-0.05, 0) is 123 Å². The molecule has 2 aliphatic carbocycles. The summed E-state index contributed by atoms with van der Waals surface area (Å²) in [7, 11) is 0. The number of aromatic nitrogens is 1. The smallest absolute Gasteiger partial charge is 0.0541 e. The van der Waals surface area contributed by atoms with Crippen LogP contribution in [-0.2, 0) is 18.3 Å². The maximum absolute atomic E-state index is 2.51. The Hall–Kier alpha value is -7.16. The Morgan fingerprint density at radius 1 is 0.404 bits per heavy atom. The van der Waals surface area contributed by atoms with E-state index in [0.29, 0.717) is 0 Å². The van der Waals surface area contributed by atoms with Gasteiger partial charge in [-0.2, -0.15) is 0 Å². The van der Waals surface area contributed by atoms with Gasteiger partial charge in [-0.1, -0.05) is 146 Å². The standard InChI is InChI=1S/C55H38N2/c1-2-17-42(18-3-1)57-53-23-11-9-21-48(53)49-33-39(27-32-54(49)57)37-25-28-43(29-26-37)56(52-24-12-16-38-13-6-7-19-45(38)52)44-30-31-47-46-20-8-10-22-50(46)55(51(47)34-44)35-40-14-4-5-15-41(40)36-55/h1-34H,35-36H2. The highest BCUT2D eigenvalue weighted by atomic mass is 15.1. The van der Waals surface area contributed by atoms with Gasteiger partial charge in [0, 0.05) is 38.6 Å². The van der Waals surface area contributed by atoms with Crippen molar-refractivity contribution in [2.75, 3.05) is 4.90 Å². The fourth-order valence-corrected chi connectivity index (χ4v) is 10.2. The van der Waals surface area contributed by atoms with E-state index in [4.69, 9.17) is 0 Å². The van der Waals surface area contributed by atoms with E-state index in [0.717, 1.165) is 18.5 Å². The molecule has 0 saturated carbocycles. The summed E-state index contributed by atoms with van der Waals surface area (Å²) in [5, 5.41) is 4.99. The van der Waals surface area contributed by atoms with E-state index in [2.05, 4.69) is 216 Å². The van der Waals surface area contributed by atoms with Gasteiger partial charge in [0.1, 0.15) is 0 Å². The first-order valence-corrected chi connectivity index (χ1v) is 20.0. The molecule has 0 amide bonds. The lowest BCUT2D eigenvalue weighted by molar-refractivity contribution is 0.563. The molecule has 0 saturated heterocycles. The van der Waals surface area contributed by atoms with Crippen LogP contribution in [0.5, 0.6) is 0 Å². The zero-order chi connectivity index (χ0) is 37.5. The third-order valence-corrected chi connectivity index (χ3v) is 12.8. The molecule has 268 valence electrons. The molecule has 2 aliphatic rings. The number of para-hydroxylation sites is 2. The quantitative estimate of drug-likeness (QED) is 0.171. The number of rotatable bonds is 5. The average Bonchev–Trinajstić information content (AvgIpc) is 3.92. The molecule has 0 unspecified atom stereocenters. The van der Waals surface area contributed by atoms with Gasteiger partial charge in [-0.3, -0.25) is 0 Å². The van der Waals surface area contributed by atoms with Crippen LogP contribution in [0.15, 0.2) is 206 Å². The molecule has 2 heteroatoms. The van der Waals surface area contributed by atoms with E-state index in [1.165, 1.54) is 94.1 Å². The van der Waals surface area contributed by atoms with Crippen LogP contribution in [0.3, 0.4) is 0 Å². The molecule has 57 heavy (non-hydrogen) atoms. The second-order valence-corrected chi connectivity index (χ2v) is 15.8. The van der Waals surface area contributed by atoms with E-state index in [-0.39, 0.29) is 5.41 Å². The summed E-state index contributed by atoms with van der Waals surface area (Å²) in [4.78, 5) is 2.47. The Bertz CT molecular complexity index is 3160. The lowest BCUT2D eigenvalue weighted by Gasteiger charge is -2.30. The summed E-state index contributed by atoms with van der Waals surface area (Å²) in [6.07, 6.45) is 2.04. The molecule has 12 rings (SSSR count). The first-order valence-electron chi connectivity index (χ1n) is 20.0. The molecule has 1 spiro atoms. The lowest BCUT2D eigenvalue weighted by atomic mass is 9.75. The second kappa shape index (κ2) is 12.4. The van der Waals surface area contributed by atoms with Gasteiger partial charge in [0.2, 0.25) is 0 Å². The fraction of sp³-hybridized carbons (Fsp3) is 0.0545. The molecule has 0 fully saturated rings. The average molecular weight is 727 g/mol. The van der Waals surface area contributed by atoms with E-state index < -0.39 is 0 Å². The van der Waals surface area contributed by atoms with Crippen molar-refractivity contribution >= 4 is 49.6 Å². The Balaban J connectivity index is 1.00. The number of hydrogen-bond donors (Lipinski definition) is 0. The zero-order valence-electron chi connectivity index (χ0n) is 31.4. The molecule has 1 heterocycles. The van der Waals surface area contributed by atoms with Crippen LogP contribution in [0.2, 0.25) is 0 Å². The van der Waals surface area contributed by atoms with E-state index in [9.17, 15) is 0 Å². The number of hydrogen-bond acceptors (Lipinski definition) is 1. The van der Waals surface area contributed by atoms with Crippen LogP contribution in [0.25, 0.3) is 60.5 Å². The summed E-state index contributed by atoms with van der Waals surface area (Å²) in [6.45, 7) is 0. The molecule has 0 atom stereocenters.